The Bertz CT molecular complexity index is 604. The standard InChI is InChI=1S/C20H32BN3O2/c1-19(2)20(3,4)26-21(25-19)16-9-10-18(22-15-16)24-13-11-23(12-14-24)17-7-5-6-8-17/h9-10,15,17H,5-8,11-14H2,1-4H3. The molecule has 1 aromatic heterocycles. The van der Waals surface area contributed by atoms with Crippen molar-refractivity contribution in [3.8, 4) is 0 Å². The summed E-state index contributed by atoms with van der Waals surface area (Å²) in [5, 5.41) is 0. The Hall–Kier alpha value is -1.11. The summed E-state index contributed by atoms with van der Waals surface area (Å²) in [6.07, 6.45) is 7.52. The first kappa shape index (κ1) is 18.3. The Morgan fingerprint density at radius 1 is 0.962 bits per heavy atom. The van der Waals surface area contributed by atoms with Gasteiger partial charge in [-0.15, -0.1) is 0 Å². The van der Waals surface area contributed by atoms with Crippen molar-refractivity contribution in [3.05, 3.63) is 18.3 Å². The van der Waals surface area contributed by atoms with Crippen molar-refractivity contribution < 1.29 is 9.31 Å². The number of aromatic nitrogens is 1. The third-order valence-electron chi connectivity index (χ3n) is 6.78. The Balaban J connectivity index is 1.37. The third-order valence-corrected chi connectivity index (χ3v) is 6.78. The number of nitrogens with zero attached hydrogens (tertiary/aromatic N) is 3. The zero-order valence-corrected chi connectivity index (χ0v) is 16.7. The minimum absolute atomic E-state index is 0.313. The Labute approximate surface area is 158 Å². The minimum Gasteiger partial charge on any atom is -0.399 e. The molecule has 0 atom stereocenters. The van der Waals surface area contributed by atoms with Gasteiger partial charge >= 0.3 is 7.12 Å². The predicted molar refractivity (Wildman–Crippen MR) is 106 cm³/mol. The Morgan fingerprint density at radius 3 is 2.12 bits per heavy atom. The molecule has 2 aliphatic heterocycles. The molecule has 0 spiro atoms. The lowest BCUT2D eigenvalue weighted by Crippen LogP contribution is -2.50. The van der Waals surface area contributed by atoms with Crippen LogP contribution in [0.4, 0.5) is 5.82 Å². The van der Waals surface area contributed by atoms with Gasteiger partial charge < -0.3 is 14.2 Å². The zero-order valence-electron chi connectivity index (χ0n) is 16.7. The molecule has 0 amide bonds. The van der Waals surface area contributed by atoms with E-state index in [1.807, 2.05) is 6.20 Å². The first-order valence-corrected chi connectivity index (χ1v) is 10.2. The highest BCUT2D eigenvalue weighted by Crippen LogP contribution is 2.36. The van der Waals surface area contributed by atoms with Gasteiger partial charge in [-0.3, -0.25) is 4.90 Å². The van der Waals surface area contributed by atoms with Gasteiger partial charge in [-0.05, 0) is 46.6 Å². The molecule has 6 heteroatoms. The summed E-state index contributed by atoms with van der Waals surface area (Å²) in [6.45, 7) is 12.8. The maximum atomic E-state index is 6.12. The summed E-state index contributed by atoms with van der Waals surface area (Å²) in [5.41, 5.74) is 0.372. The summed E-state index contributed by atoms with van der Waals surface area (Å²) in [5.74, 6) is 1.07. The van der Waals surface area contributed by atoms with Crippen LogP contribution in [-0.2, 0) is 9.31 Å². The molecule has 1 aromatic rings. The van der Waals surface area contributed by atoms with Gasteiger partial charge in [-0.2, -0.15) is 0 Å². The highest BCUT2D eigenvalue weighted by Gasteiger charge is 2.51. The van der Waals surface area contributed by atoms with E-state index < -0.39 is 0 Å². The van der Waals surface area contributed by atoms with E-state index in [-0.39, 0.29) is 18.3 Å². The highest BCUT2D eigenvalue weighted by molar-refractivity contribution is 6.62. The first-order chi connectivity index (χ1) is 12.4. The second kappa shape index (κ2) is 6.81. The van der Waals surface area contributed by atoms with Crippen LogP contribution in [0.5, 0.6) is 0 Å². The van der Waals surface area contributed by atoms with Gasteiger partial charge in [0, 0.05) is 43.9 Å². The second-order valence-corrected chi connectivity index (χ2v) is 9.00. The Morgan fingerprint density at radius 2 is 1.58 bits per heavy atom. The Kier molecular flexibility index (Phi) is 4.78. The van der Waals surface area contributed by atoms with Crippen molar-refractivity contribution in [2.45, 2.75) is 70.6 Å². The molecule has 3 heterocycles. The molecule has 0 N–H and O–H groups in total. The molecule has 3 aliphatic rings. The van der Waals surface area contributed by atoms with Gasteiger partial charge in [0.1, 0.15) is 5.82 Å². The zero-order chi connectivity index (χ0) is 18.4. The minimum atomic E-state index is -0.333. The summed E-state index contributed by atoms with van der Waals surface area (Å²) in [6, 6.07) is 5.05. The molecule has 1 saturated carbocycles. The van der Waals surface area contributed by atoms with E-state index in [1.165, 1.54) is 25.7 Å². The molecule has 0 unspecified atom stereocenters. The van der Waals surface area contributed by atoms with Crippen molar-refractivity contribution in [2.75, 3.05) is 31.1 Å². The fraction of sp³-hybridized carbons (Fsp3) is 0.750. The third kappa shape index (κ3) is 3.39. The van der Waals surface area contributed by atoms with Gasteiger partial charge in [0.05, 0.1) is 11.2 Å². The van der Waals surface area contributed by atoms with Crippen molar-refractivity contribution in [3.63, 3.8) is 0 Å². The average Bonchev–Trinajstić information content (AvgIpc) is 3.22. The fourth-order valence-electron chi connectivity index (χ4n) is 4.29. The van der Waals surface area contributed by atoms with Crippen molar-refractivity contribution >= 4 is 18.4 Å². The van der Waals surface area contributed by atoms with Crippen LogP contribution >= 0.6 is 0 Å². The smallest absolute Gasteiger partial charge is 0.399 e. The number of pyridine rings is 1. The molecular formula is C20H32BN3O2. The molecule has 0 aromatic carbocycles. The number of hydrogen-bond donors (Lipinski definition) is 0. The van der Waals surface area contributed by atoms with E-state index in [0.29, 0.717) is 0 Å². The van der Waals surface area contributed by atoms with Crippen molar-refractivity contribution in [1.82, 2.24) is 9.88 Å². The van der Waals surface area contributed by atoms with E-state index >= 15 is 0 Å². The maximum absolute atomic E-state index is 6.12. The van der Waals surface area contributed by atoms with E-state index in [2.05, 4.69) is 49.6 Å². The molecule has 4 rings (SSSR count). The lowest BCUT2D eigenvalue weighted by molar-refractivity contribution is 0.00578. The van der Waals surface area contributed by atoms with Crippen LogP contribution < -0.4 is 10.4 Å². The number of hydrogen-bond acceptors (Lipinski definition) is 5. The number of anilines is 1. The van der Waals surface area contributed by atoms with Gasteiger partial charge in [0.25, 0.3) is 0 Å². The van der Waals surface area contributed by atoms with Crippen LogP contribution in [0.3, 0.4) is 0 Å². The van der Waals surface area contributed by atoms with Crippen molar-refractivity contribution in [1.29, 1.82) is 0 Å². The molecule has 0 bridgehead atoms. The molecule has 26 heavy (non-hydrogen) atoms. The van der Waals surface area contributed by atoms with Crippen LogP contribution in [0, 0.1) is 0 Å². The SMILES string of the molecule is CC1(C)OB(c2ccc(N3CCN(C4CCCC4)CC3)nc2)OC1(C)C. The van der Waals surface area contributed by atoms with Crippen LogP contribution in [0.15, 0.2) is 18.3 Å². The average molecular weight is 357 g/mol. The van der Waals surface area contributed by atoms with Crippen LogP contribution in [0.2, 0.25) is 0 Å². The lowest BCUT2D eigenvalue weighted by Gasteiger charge is -2.38. The summed E-state index contributed by atoms with van der Waals surface area (Å²) in [7, 11) is -0.333. The molecule has 5 nitrogen and oxygen atoms in total. The molecule has 142 valence electrons. The monoisotopic (exact) mass is 357 g/mol. The summed E-state index contributed by atoms with van der Waals surface area (Å²) < 4.78 is 12.2. The first-order valence-electron chi connectivity index (χ1n) is 10.2. The van der Waals surface area contributed by atoms with Gasteiger partial charge in [-0.25, -0.2) is 4.98 Å². The van der Waals surface area contributed by atoms with Gasteiger partial charge in [0.15, 0.2) is 0 Å². The van der Waals surface area contributed by atoms with Crippen LogP contribution in [0.1, 0.15) is 53.4 Å². The predicted octanol–water partition coefficient (Wildman–Crippen LogP) is 2.45. The molecular weight excluding hydrogens is 325 g/mol. The van der Waals surface area contributed by atoms with Gasteiger partial charge in [-0.1, -0.05) is 18.9 Å². The molecule has 2 saturated heterocycles. The largest absolute Gasteiger partial charge is 0.496 e. The van der Waals surface area contributed by atoms with Gasteiger partial charge in [0.2, 0.25) is 0 Å². The van der Waals surface area contributed by atoms with E-state index in [1.54, 1.807) is 0 Å². The number of rotatable bonds is 3. The van der Waals surface area contributed by atoms with Crippen LogP contribution in [0.25, 0.3) is 0 Å². The topological polar surface area (TPSA) is 37.8 Å². The quantitative estimate of drug-likeness (QED) is 0.777. The van der Waals surface area contributed by atoms with Crippen LogP contribution in [-0.4, -0.2) is 60.4 Å². The second-order valence-electron chi connectivity index (χ2n) is 9.00. The molecule has 3 fully saturated rings. The fourth-order valence-corrected chi connectivity index (χ4v) is 4.29. The highest BCUT2D eigenvalue weighted by atomic mass is 16.7. The lowest BCUT2D eigenvalue weighted by atomic mass is 9.80. The maximum Gasteiger partial charge on any atom is 0.496 e. The number of piperazine rings is 1. The summed E-state index contributed by atoms with van der Waals surface area (Å²) >= 11 is 0. The van der Waals surface area contributed by atoms with E-state index in [4.69, 9.17) is 14.3 Å². The molecule has 0 radical (unpaired) electrons. The van der Waals surface area contributed by atoms with Crippen molar-refractivity contribution in [2.24, 2.45) is 0 Å². The normalized spacial score (nSPS) is 26.6. The van der Waals surface area contributed by atoms with E-state index in [0.717, 1.165) is 43.5 Å². The summed E-state index contributed by atoms with van der Waals surface area (Å²) in [4.78, 5) is 9.80. The van der Waals surface area contributed by atoms with E-state index in [9.17, 15) is 0 Å². The molecule has 1 aliphatic carbocycles.